The number of aryl methyl sites for hydroxylation is 2. The number of halogens is 1. The summed E-state index contributed by atoms with van der Waals surface area (Å²) in [5, 5.41) is 0.666. The number of likely N-dealkylation sites (N-methyl/N-ethyl adjacent to an activating group) is 1. The van der Waals surface area contributed by atoms with E-state index in [9.17, 15) is 13.2 Å². The standard InChI is InChI=1S/C26H34N4O3S2.ClH/c1-5-28(6-2)15-16-30(26-27-23-18-19(3)17-20(4)24(23)34-26)25(31)21-9-11-22(12-10-21)35(32,33)29-13-7-8-14-29;/h9-12,17-18H,5-8,13-16H2,1-4H3;1H/p-1. The maximum atomic E-state index is 13.7. The summed E-state index contributed by atoms with van der Waals surface area (Å²) in [5.41, 5.74) is 3.64. The van der Waals surface area contributed by atoms with E-state index in [2.05, 4.69) is 31.7 Å². The summed E-state index contributed by atoms with van der Waals surface area (Å²) in [6.45, 7) is 12.5. The van der Waals surface area contributed by atoms with E-state index in [4.69, 9.17) is 4.98 Å². The molecule has 1 fully saturated rings. The summed E-state index contributed by atoms with van der Waals surface area (Å²) in [6, 6.07) is 10.5. The van der Waals surface area contributed by atoms with Crippen LogP contribution in [0.15, 0.2) is 41.3 Å². The molecule has 0 bridgehead atoms. The second-order valence-corrected chi connectivity index (χ2v) is 12.0. The van der Waals surface area contributed by atoms with Crippen LogP contribution in [0, 0.1) is 13.8 Å². The Labute approximate surface area is 224 Å². The number of amides is 1. The second-order valence-electron chi connectivity index (χ2n) is 9.05. The number of carbonyl (C=O) groups excluding carboxylic acids is 1. The van der Waals surface area contributed by atoms with Crippen molar-refractivity contribution in [2.75, 3.05) is 44.2 Å². The quantitative estimate of drug-likeness (QED) is 0.406. The topological polar surface area (TPSA) is 73.8 Å². The summed E-state index contributed by atoms with van der Waals surface area (Å²) in [4.78, 5) is 22.8. The van der Waals surface area contributed by atoms with E-state index in [1.54, 1.807) is 29.2 Å². The van der Waals surface area contributed by atoms with Gasteiger partial charge in [-0.25, -0.2) is 13.4 Å². The van der Waals surface area contributed by atoms with Crippen molar-refractivity contribution in [3.8, 4) is 0 Å². The third kappa shape index (κ3) is 5.92. The van der Waals surface area contributed by atoms with Crippen molar-refractivity contribution >= 4 is 42.6 Å². The number of anilines is 1. The van der Waals surface area contributed by atoms with Gasteiger partial charge in [0.05, 0.1) is 15.1 Å². The number of nitrogens with zero attached hydrogens (tertiary/aromatic N) is 4. The lowest BCUT2D eigenvalue weighted by Gasteiger charge is -2.25. The van der Waals surface area contributed by atoms with Crippen LogP contribution in [-0.4, -0.2) is 67.8 Å². The molecule has 1 amide bonds. The molecule has 1 aromatic heterocycles. The molecule has 196 valence electrons. The van der Waals surface area contributed by atoms with Crippen LogP contribution in [0.25, 0.3) is 10.2 Å². The lowest BCUT2D eigenvalue weighted by atomic mass is 10.1. The summed E-state index contributed by atoms with van der Waals surface area (Å²) in [7, 11) is -3.52. The lowest BCUT2D eigenvalue weighted by Crippen LogP contribution is -3.00. The lowest BCUT2D eigenvalue weighted by molar-refractivity contribution is -0.0000174. The Bertz CT molecular complexity index is 1300. The van der Waals surface area contributed by atoms with Gasteiger partial charge in [-0.15, -0.1) is 0 Å². The fraction of sp³-hybridized carbons (Fsp3) is 0.462. The highest BCUT2D eigenvalue weighted by Gasteiger charge is 2.28. The van der Waals surface area contributed by atoms with Gasteiger partial charge in [-0.05, 0) is 81.2 Å². The fourth-order valence-corrected chi connectivity index (χ4v) is 7.11. The summed E-state index contributed by atoms with van der Waals surface area (Å²) in [6.07, 6.45) is 1.77. The zero-order valence-electron chi connectivity index (χ0n) is 21.3. The first-order valence-electron chi connectivity index (χ1n) is 12.3. The predicted molar refractivity (Wildman–Crippen MR) is 143 cm³/mol. The third-order valence-corrected chi connectivity index (χ3v) is 9.77. The minimum Gasteiger partial charge on any atom is -1.00 e. The average molecular weight is 550 g/mol. The minimum atomic E-state index is -3.52. The fourth-order valence-electron chi connectivity index (χ4n) is 4.55. The van der Waals surface area contributed by atoms with Gasteiger partial charge in [-0.2, -0.15) is 4.31 Å². The predicted octanol–water partition coefficient (Wildman–Crippen LogP) is 1.69. The van der Waals surface area contributed by atoms with Gasteiger partial charge in [0.1, 0.15) is 0 Å². The normalized spacial score (nSPS) is 14.4. The smallest absolute Gasteiger partial charge is 0.260 e. The van der Waals surface area contributed by atoms with E-state index in [1.165, 1.54) is 15.6 Å². The zero-order chi connectivity index (χ0) is 25.2. The molecule has 0 unspecified atom stereocenters. The first-order chi connectivity index (χ1) is 16.7. The molecule has 36 heavy (non-hydrogen) atoms. The maximum Gasteiger partial charge on any atom is 0.260 e. The number of carbonyl (C=O) groups is 1. The van der Waals surface area contributed by atoms with Crippen LogP contribution in [0.2, 0.25) is 0 Å². The van der Waals surface area contributed by atoms with E-state index >= 15 is 0 Å². The average Bonchev–Trinajstić information content (AvgIpc) is 3.53. The molecule has 0 aliphatic carbocycles. The number of rotatable bonds is 9. The number of hydrogen-bond donors (Lipinski definition) is 0. The van der Waals surface area contributed by atoms with E-state index in [1.807, 2.05) is 13.0 Å². The Balaban J connectivity index is 0.00000361. The molecule has 0 saturated carbocycles. The van der Waals surface area contributed by atoms with Crippen LogP contribution < -0.4 is 17.3 Å². The second kappa shape index (κ2) is 12.0. The molecule has 10 heteroatoms. The Morgan fingerprint density at radius 3 is 2.28 bits per heavy atom. The van der Waals surface area contributed by atoms with Gasteiger partial charge < -0.3 is 17.3 Å². The third-order valence-electron chi connectivity index (χ3n) is 6.62. The molecule has 3 aromatic rings. The highest BCUT2D eigenvalue weighted by atomic mass is 35.5. The molecule has 1 aliphatic rings. The monoisotopic (exact) mass is 549 g/mol. The molecule has 0 atom stereocenters. The van der Waals surface area contributed by atoms with Crippen LogP contribution in [0.3, 0.4) is 0 Å². The molecule has 0 N–H and O–H groups in total. The van der Waals surface area contributed by atoms with E-state index in [0.717, 1.165) is 53.8 Å². The van der Waals surface area contributed by atoms with E-state index < -0.39 is 10.0 Å². The number of hydrogen-bond acceptors (Lipinski definition) is 6. The Kier molecular flexibility index (Phi) is 9.51. The Hall–Kier alpha value is -2.04. The van der Waals surface area contributed by atoms with Crippen molar-refractivity contribution in [1.29, 1.82) is 0 Å². The zero-order valence-corrected chi connectivity index (χ0v) is 23.7. The molecule has 1 aliphatic heterocycles. The molecule has 2 aromatic carbocycles. The molecule has 2 heterocycles. The number of fused-ring (bicyclic) bond motifs is 1. The first kappa shape index (κ1) is 28.5. The largest absolute Gasteiger partial charge is 1.00 e. The van der Waals surface area contributed by atoms with Crippen LogP contribution in [0.1, 0.15) is 48.2 Å². The number of benzene rings is 2. The van der Waals surface area contributed by atoms with Gasteiger partial charge in [0.15, 0.2) is 5.13 Å². The van der Waals surface area contributed by atoms with Gasteiger partial charge in [0, 0.05) is 31.7 Å². The van der Waals surface area contributed by atoms with E-state index in [0.29, 0.717) is 30.3 Å². The molecule has 7 nitrogen and oxygen atoms in total. The minimum absolute atomic E-state index is 0. The van der Waals surface area contributed by atoms with Crippen molar-refractivity contribution in [3.63, 3.8) is 0 Å². The van der Waals surface area contributed by atoms with E-state index in [-0.39, 0.29) is 23.2 Å². The molecular weight excluding hydrogens is 516 g/mol. The van der Waals surface area contributed by atoms with Gasteiger partial charge in [0.2, 0.25) is 10.0 Å². The van der Waals surface area contributed by atoms with Crippen molar-refractivity contribution < 1.29 is 25.6 Å². The summed E-state index contributed by atoms with van der Waals surface area (Å²) < 4.78 is 28.4. The van der Waals surface area contributed by atoms with Crippen molar-refractivity contribution in [2.24, 2.45) is 0 Å². The van der Waals surface area contributed by atoms with Crippen molar-refractivity contribution in [1.82, 2.24) is 14.2 Å². The number of thiazole rings is 1. The molecule has 1 saturated heterocycles. The summed E-state index contributed by atoms with van der Waals surface area (Å²) >= 11 is 1.53. The van der Waals surface area contributed by atoms with Gasteiger partial charge in [-0.3, -0.25) is 9.69 Å². The maximum absolute atomic E-state index is 13.7. The Morgan fingerprint density at radius 2 is 1.67 bits per heavy atom. The number of sulfonamides is 1. The van der Waals surface area contributed by atoms with Crippen molar-refractivity contribution in [2.45, 2.75) is 45.4 Å². The summed E-state index contributed by atoms with van der Waals surface area (Å²) in [5.74, 6) is -0.171. The van der Waals surface area contributed by atoms with Crippen LogP contribution >= 0.6 is 11.3 Å². The van der Waals surface area contributed by atoms with Crippen LogP contribution in [-0.2, 0) is 10.0 Å². The van der Waals surface area contributed by atoms with Gasteiger partial charge in [-0.1, -0.05) is 31.3 Å². The van der Waals surface area contributed by atoms with Gasteiger partial charge in [0.25, 0.3) is 5.91 Å². The van der Waals surface area contributed by atoms with Crippen molar-refractivity contribution in [3.05, 3.63) is 53.1 Å². The number of aromatic nitrogens is 1. The first-order valence-corrected chi connectivity index (χ1v) is 14.5. The Morgan fingerprint density at radius 1 is 1.03 bits per heavy atom. The van der Waals surface area contributed by atoms with Gasteiger partial charge >= 0.3 is 0 Å². The highest BCUT2D eigenvalue weighted by molar-refractivity contribution is 7.89. The SMILES string of the molecule is CCN(CC)CCN(C(=O)c1ccc(S(=O)(=O)N2CCCC2)cc1)c1nc2cc(C)cc(C)c2s1.[Cl-]. The molecule has 0 radical (unpaired) electrons. The van der Waals surface area contributed by atoms with Crippen LogP contribution in [0.4, 0.5) is 5.13 Å². The molecule has 0 spiro atoms. The highest BCUT2D eigenvalue weighted by Crippen LogP contribution is 2.33. The molecule has 4 rings (SSSR count). The van der Waals surface area contributed by atoms with Crippen LogP contribution in [0.5, 0.6) is 0 Å². The molecular formula is C26H34ClN4O3S2-.